The number of nitrogens with one attached hydrogen (secondary N) is 2. The second-order valence-electron chi connectivity index (χ2n) is 3.68. The Kier molecular flexibility index (Phi) is 4.08. The van der Waals surface area contributed by atoms with E-state index in [-0.39, 0.29) is 0 Å². The Morgan fingerprint density at radius 1 is 1.31 bits per heavy atom. The highest BCUT2D eigenvalue weighted by Crippen LogP contribution is 1.96. The number of imidazole rings is 1. The zero-order valence-electron chi connectivity index (χ0n) is 9.19. The molecule has 0 fully saturated rings. The molecule has 0 aromatic carbocycles. The summed E-state index contributed by atoms with van der Waals surface area (Å²) < 4.78 is 0. The lowest BCUT2D eigenvalue weighted by Crippen LogP contribution is -2.15. The summed E-state index contributed by atoms with van der Waals surface area (Å²) in [5.74, 6) is 1.06. The van der Waals surface area contributed by atoms with Crippen LogP contribution in [-0.2, 0) is 13.0 Å². The number of rotatable bonds is 6. The third kappa shape index (κ3) is 3.47. The number of pyridine rings is 1. The number of nitrogens with zero attached hydrogens (tertiary/aromatic N) is 2. The summed E-state index contributed by atoms with van der Waals surface area (Å²) in [6.07, 6.45) is 9.41. The fourth-order valence-corrected chi connectivity index (χ4v) is 1.55. The number of H-pyrrole nitrogens is 1. The van der Waals surface area contributed by atoms with Crippen molar-refractivity contribution in [1.82, 2.24) is 20.3 Å². The maximum absolute atomic E-state index is 4.18. The molecule has 0 spiro atoms. The fourth-order valence-electron chi connectivity index (χ4n) is 1.55. The van der Waals surface area contributed by atoms with Gasteiger partial charge in [0.1, 0.15) is 5.82 Å². The van der Waals surface area contributed by atoms with Crippen molar-refractivity contribution in [2.45, 2.75) is 19.4 Å². The van der Waals surface area contributed by atoms with E-state index in [1.807, 2.05) is 18.5 Å². The minimum atomic E-state index is 0.881. The van der Waals surface area contributed by atoms with Crippen LogP contribution in [0.3, 0.4) is 0 Å². The van der Waals surface area contributed by atoms with Crippen molar-refractivity contribution in [2.75, 3.05) is 6.54 Å². The lowest BCUT2D eigenvalue weighted by atomic mass is 10.2. The van der Waals surface area contributed by atoms with Gasteiger partial charge in [-0.25, -0.2) is 4.98 Å². The van der Waals surface area contributed by atoms with Gasteiger partial charge in [-0.1, -0.05) is 6.07 Å². The van der Waals surface area contributed by atoms with E-state index < -0.39 is 0 Å². The molecule has 0 aliphatic carbocycles. The van der Waals surface area contributed by atoms with E-state index in [2.05, 4.69) is 26.3 Å². The van der Waals surface area contributed by atoms with Crippen LogP contribution in [0.4, 0.5) is 0 Å². The molecule has 2 rings (SSSR count). The van der Waals surface area contributed by atoms with E-state index in [9.17, 15) is 0 Å². The molecule has 16 heavy (non-hydrogen) atoms. The molecule has 4 heteroatoms. The van der Waals surface area contributed by atoms with Crippen molar-refractivity contribution in [1.29, 1.82) is 0 Å². The third-order valence-electron chi connectivity index (χ3n) is 2.37. The molecule has 0 aliphatic heterocycles. The molecule has 0 atom stereocenters. The molecule has 0 saturated carbocycles. The van der Waals surface area contributed by atoms with E-state index >= 15 is 0 Å². The van der Waals surface area contributed by atoms with Gasteiger partial charge in [0.15, 0.2) is 0 Å². The van der Waals surface area contributed by atoms with E-state index in [4.69, 9.17) is 0 Å². The highest BCUT2D eigenvalue weighted by atomic mass is 14.9. The molecule has 0 bridgehead atoms. The van der Waals surface area contributed by atoms with Crippen LogP contribution in [0.2, 0.25) is 0 Å². The monoisotopic (exact) mass is 216 g/mol. The first kappa shape index (κ1) is 10.8. The van der Waals surface area contributed by atoms with Crippen LogP contribution in [0.1, 0.15) is 17.8 Å². The van der Waals surface area contributed by atoms with Crippen LogP contribution in [0.25, 0.3) is 0 Å². The highest BCUT2D eigenvalue weighted by Gasteiger charge is 1.95. The molecular weight excluding hydrogens is 200 g/mol. The van der Waals surface area contributed by atoms with Gasteiger partial charge in [0.05, 0.1) is 0 Å². The van der Waals surface area contributed by atoms with Gasteiger partial charge in [-0.2, -0.15) is 0 Å². The van der Waals surface area contributed by atoms with Crippen LogP contribution < -0.4 is 5.32 Å². The summed E-state index contributed by atoms with van der Waals surface area (Å²) in [5, 5.41) is 3.38. The number of aromatic amines is 1. The van der Waals surface area contributed by atoms with Crippen molar-refractivity contribution >= 4 is 0 Å². The van der Waals surface area contributed by atoms with Crippen molar-refractivity contribution < 1.29 is 0 Å². The quantitative estimate of drug-likeness (QED) is 0.720. The Morgan fingerprint density at radius 2 is 2.31 bits per heavy atom. The van der Waals surface area contributed by atoms with Crippen molar-refractivity contribution in [3.05, 3.63) is 48.3 Å². The van der Waals surface area contributed by atoms with Crippen molar-refractivity contribution in [3.63, 3.8) is 0 Å². The molecule has 2 N–H and O–H groups in total. The summed E-state index contributed by atoms with van der Waals surface area (Å²) >= 11 is 0. The molecule has 2 heterocycles. The smallest absolute Gasteiger partial charge is 0.106 e. The molecule has 0 saturated heterocycles. The van der Waals surface area contributed by atoms with Crippen molar-refractivity contribution in [2.24, 2.45) is 0 Å². The number of aryl methyl sites for hydroxylation is 1. The summed E-state index contributed by atoms with van der Waals surface area (Å²) in [5.41, 5.74) is 1.22. The largest absolute Gasteiger partial charge is 0.349 e. The predicted octanol–water partition coefficient (Wildman–Crippen LogP) is 1.53. The number of aromatic nitrogens is 3. The minimum Gasteiger partial charge on any atom is -0.349 e. The second kappa shape index (κ2) is 6.02. The van der Waals surface area contributed by atoms with Gasteiger partial charge in [-0.3, -0.25) is 4.98 Å². The van der Waals surface area contributed by atoms with Gasteiger partial charge in [0.2, 0.25) is 0 Å². The standard InChI is InChI=1S/C12H16N4/c1-3-11(9-13-5-1)10-14-6-2-4-12-15-7-8-16-12/h1,3,5,7-9,14H,2,4,6,10H2,(H,15,16). The number of hydrogen-bond acceptors (Lipinski definition) is 3. The summed E-state index contributed by atoms with van der Waals surface area (Å²) in [6.45, 7) is 1.88. The second-order valence-corrected chi connectivity index (χ2v) is 3.68. The van der Waals surface area contributed by atoms with Gasteiger partial charge in [0.25, 0.3) is 0 Å². The van der Waals surface area contributed by atoms with Crippen LogP contribution >= 0.6 is 0 Å². The van der Waals surface area contributed by atoms with Crippen molar-refractivity contribution in [3.8, 4) is 0 Å². The predicted molar refractivity (Wildman–Crippen MR) is 62.9 cm³/mol. The SMILES string of the molecule is c1cncc(CNCCCc2ncc[nH]2)c1. The van der Waals surface area contributed by atoms with E-state index in [1.165, 1.54) is 5.56 Å². The van der Waals surface area contributed by atoms with Gasteiger partial charge in [-0.05, 0) is 24.6 Å². The van der Waals surface area contributed by atoms with E-state index in [1.54, 1.807) is 12.4 Å². The first-order chi connectivity index (χ1) is 7.95. The maximum Gasteiger partial charge on any atom is 0.106 e. The van der Waals surface area contributed by atoms with Gasteiger partial charge in [0, 0.05) is 37.8 Å². The summed E-state index contributed by atoms with van der Waals surface area (Å²) in [6, 6.07) is 4.03. The number of hydrogen-bond donors (Lipinski definition) is 2. The van der Waals surface area contributed by atoms with Crippen LogP contribution in [0.15, 0.2) is 36.9 Å². The zero-order chi connectivity index (χ0) is 11.1. The van der Waals surface area contributed by atoms with Crippen LogP contribution in [0.5, 0.6) is 0 Å². The first-order valence-electron chi connectivity index (χ1n) is 5.53. The lowest BCUT2D eigenvalue weighted by molar-refractivity contribution is 0.640. The molecule has 0 amide bonds. The molecule has 84 valence electrons. The van der Waals surface area contributed by atoms with Crippen LogP contribution in [-0.4, -0.2) is 21.5 Å². The fraction of sp³-hybridized carbons (Fsp3) is 0.333. The third-order valence-corrected chi connectivity index (χ3v) is 2.37. The Labute approximate surface area is 95.1 Å². The van der Waals surface area contributed by atoms with E-state index in [0.717, 1.165) is 31.8 Å². The average molecular weight is 216 g/mol. The van der Waals surface area contributed by atoms with E-state index in [0.29, 0.717) is 0 Å². The molecule has 4 nitrogen and oxygen atoms in total. The van der Waals surface area contributed by atoms with Crippen LogP contribution in [0, 0.1) is 0 Å². The Bertz CT molecular complexity index is 383. The Hall–Kier alpha value is -1.68. The first-order valence-corrected chi connectivity index (χ1v) is 5.53. The molecule has 2 aromatic rings. The Morgan fingerprint density at radius 3 is 3.06 bits per heavy atom. The zero-order valence-corrected chi connectivity index (χ0v) is 9.19. The molecule has 0 aliphatic rings. The van der Waals surface area contributed by atoms with Gasteiger partial charge < -0.3 is 10.3 Å². The molecule has 0 radical (unpaired) electrons. The normalized spacial score (nSPS) is 10.5. The molecular formula is C12H16N4. The average Bonchev–Trinajstić information content (AvgIpc) is 2.83. The maximum atomic E-state index is 4.18. The molecule has 2 aromatic heterocycles. The summed E-state index contributed by atoms with van der Waals surface area (Å²) in [7, 11) is 0. The molecule has 0 unspecified atom stereocenters. The summed E-state index contributed by atoms with van der Waals surface area (Å²) in [4.78, 5) is 11.3. The minimum absolute atomic E-state index is 0.881. The van der Waals surface area contributed by atoms with Gasteiger partial charge >= 0.3 is 0 Å². The Balaban J connectivity index is 1.59. The topological polar surface area (TPSA) is 53.6 Å². The lowest BCUT2D eigenvalue weighted by Gasteiger charge is -2.03. The highest BCUT2D eigenvalue weighted by molar-refractivity contribution is 5.07. The van der Waals surface area contributed by atoms with Gasteiger partial charge in [-0.15, -0.1) is 0 Å².